The van der Waals surface area contributed by atoms with Gasteiger partial charge < -0.3 is 29.9 Å². The third kappa shape index (κ3) is 6.13. The molecule has 0 aromatic rings. The van der Waals surface area contributed by atoms with Crippen molar-refractivity contribution >= 4 is 11.9 Å². The van der Waals surface area contributed by atoms with E-state index in [1.54, 1.807) is 4.90 Å². The Balaban J connectivity index is 1.36. The zero-order valence-corrected chi connectivity index (χ0v) is 26.5. The summed E-state index contributed by atoms with van der Waals surface area (Å²) in [5, 5.41) is 10.6. The third-order valence-electron chi connectivity index (χ3n) is 11.2. The number of nitrogens with one attached hydrogen (secondary N) is 3. The number of carbonyl (C=O) groups excluding carboxylic acids is 2. The van der Waals surface area contributed by atoms with Gasteiger partial charge in [0.25, 0.3) is 0 Å². The summed E-state index contributed by atoms with van der Waals surface area (Å²) in [4.78, 5) is 32.6. The minimum absolute atomic E-state index is 0.0288. The van der Waals surface area contributed by atoms with Gasteiger partial charge in [0.15, 0.2) is 0 Å². The predicted molar refractivity (Wildman–Crippen MR) is 162 cm³/mol. The molecule has 0 aromatic heterocycles. The molecule has 5 saturated heterocycles. The Hall–Kier alpha value is -1.86. The van der Waals surface area contributed by atoms with Crippen LogP contribution in [0.25, 0.3) is 0 Å². The number of fused-ring (bicyclic) bond motifs is 6. The lowest BCUT2D eigenvalue weighted by molar-refractivity contribution is -0.134. The van der Waals surface area contributed by atoms with Crippen LogP contribution in [0.3, 0.4) is 0 Å². The Bertz CT molecular complexity index is 1050. The number of halogens is 2. The second-order valence-corrected chi connectivity index (χ2v) is 14.2. The number of hydrogen-bond donors (Lipinski definition) is 3. The van der Waals surface area contributed by atoms with E-state index in [2.05, 4.69) is 41.3 Å². The van der Waals surface area contributed by atoms with Gasteiger partial charge in [-0.25, -0.2) is 13.6 Å². The lowest BCUT2D eigenvalue weighted by Crippen LogP contribution is -2.79. The van der Waals surface area contributed by atoms with Crippen LogP contribution < -0.4 is 16.0 Å². The highest BCUT2D eigenvalue weighted by Gasteiger charge is 2.57. The van der Waals surface area contributed by atoms with E-state index in [1.807, 2.05) is 11.8 Å². The average Bonchev–Trinajstić information content (AvgIpc) is 3.00. The number of piperidine rings is 2. The van der Waals surface area contributed by atoms with Gasteiger partial charge in [-0.1, -0.05) is 20.4 Å². The molecule has 1 aliphatic carbocycles. The standard InChI is InChI=1S/C32H52F2N6O4/c1-5-26(41)38-10-11-39(19(4)17-38)30-21-15-23(34)29-27-22(33)8-6-9-25(27)44-13-7-12-43-20-14-24(28(18(2)3)35-16-20)40(31(21)36-29)32(42)37-30/h5,18-25,27-31,35-36H,1,6-17H2,2-4H3,(H,37,42)/t19-,20?,21?,22?,23?,24?,25?,27?,28?,29?,30?,31?/m0/s1. The van der Waals surface area contributed by atoms with Crippen molar-refractivity contribution in [2.75, 3.05) is 39.4 Å². The highest BCUT2D eigenvalue weighted by Crippen LogP contribution is 2.42. The van der Waals surface area contributed by atoms with E-state index in [-0.39, 0.29) is 60.5 Å². The molecule has 4 bridgehead atoms. The molecule has 248 valence electrons. The largest absolute Gasteiger partial charge is 0.378 e. The summed E-state index contributed by atoms with van der Waals surface area (Å²) >= 11 is 0. The van der Waals surface area contributed by atoms with Crippen molar-refractivity contribution in [1.29, 1.82) is 0 Å². The van der Waals surface area contributed by atoms with Crippen LogP contribution in [0.4, 0.5) is 13.6 Å². The maximum absolute atomic E-state index is 16.5. The normalized spacial score (nSPS) is 43.9. The molecule has 11 unspecified atom stereocenters. The van der Waals surface area contributed by atoms with Gasteiger partial charge in [-0.3, -0.25) is 15.0 Å². The first-order valence-electron chi connectivity index (χ1n) is 16.9. The summed E-state index contributed by atoms with van der Waals surface area (Å²) in [6, 6.07) is -1.17. The molecule has 44 heavy (non-hydrogen) atoms. The second-order valence-electron chi connectivity index (χ2n) is 14.2. The molecule has 6 aliphatic rings. The van der Waals surface area contributed by atoms with Crippen LogP contribution in [-0.2, 0) is 14.3 Å². The molecule has 3 amide bonds. The number of ether oxygens (including phenoxy) is 2. The van der Waals surface area contributed by atoms with Gasteiger partial charge in [0.1, 0.15) is 12.3 Å². The molecule has 6 rings (SSSR count). The fourth-order valence-corrected chi connectivity index (χ4v) is 9.06. The fourth-order valence-electron chi connectivity index (χ4n) is 9.06. The van der Waals surface area contributed by atoms with E-state index in [4.69, 9.17) is 9.47 Å². The van der Waals surface area contributed by atoms with E-state index in [9.17, 15) is 9.59 Å². The Morgan fingerprint density at radius 3 is 2.61 bits per heavy atom. The minimum Gasteiger partial charge on any atom is -0.378 e. The highest BCUT2D eigenvalue weighted by atomic mass is 19.1. The Kier molecular flexibility index (Phi) is 9.83. The maximum Gasteiger partial charge on any atom is 0.320 e. The number of piperazine rings is 1. The Morgan fingerprint density at radius 2 is 1.86 bits per heavy atom. The SMILES string of the molecule is C=CC(=O)N1CCN(C2NC(=O)N3C4CC(CNC4C(C)C)OCCCOC4CCCC(F)C4C4NC3C2CC4F)[C@@H](C)C1. The van der Waals surface area contributed by atoms with E-state index >= 15 is 8.78 Å². The number of rotatable bonds is 3. The van der Waals surface area contributed by atoms with Crippen molar-refractivity contribution in [3.8, 4) is 0 Å². The smallest absolute Gasteiger partial charge is 0.320 e. The highest BCUT2D eigenvalue weighted by molar-refractivity contribution is 5.87. The van der Waals surface area contributed by atoms with Crippen LogP contribution in [0.2, 0.25) is 0 Å². The Labute approximate surface area is 260 Å². The zero-order chi connectivity index (χ0) is 31.1. The molecule has 1 saturated carbocycles. The van der Waals surface area contributed by atoms with Gasteiger partial charge in [0, 0.05) is 69.4 Å². The van der Waals surface area contributed by atoms with Crippen LogP contribution in [0.15, 0.2) is 12.7 Å². The lowest BCUT2D eigenvalue weighted by Gasteiger charge is -2.59. The third-order valence-corrected chi connectivity index (χ3v) is 11.2. The van der Waals surface area contributed by atoms with Gasteiger partial charge in [-0.05, 0) is 57.4 Å². The number of urea groups is 1. The number of nitrogens with zero attached hydrogens (tertiary/aromatic N) is 3. The first-order chi connectivity index (χ1) is 21.2. The molecular formula is C32H52F2N6O4. The van der Waals surface area contributed by atoms with Crippen LogP contribution in [0, 0.1) is 17.8 Å². The molecule has 5 heterocycles. The molecule has 6 fully saturated rings. The fraction of sp³-hybridized carbons (Fsp3) is 0.875. The number of alkyl halides is 2. The first kappa shape index (κ1) is 32.1. The molecule has 12 atom stereocenters. The predicted octanol–water partition coefficient (Wildman–Crippen LogP) is 2.40. The van der Waals surface area contributed by atoms with E-state index < -0.39 is 36.6 Å². The summed E-state index contributed by atoms with van der Waals surface area (Å²) in [7, 11) is 0. The minimum atomic E-state index is -1.30. The number of hydrogen-bond acceptors (Lipinski definition) is 7. The Morgan fingerprint density at radius 1 is 1.07 bits per heavy atom. The van der Waals surface area contributed by atoms with Crippen LogP contribution in [0.5, 0.6) is 0 Å². The van der Waals surface area contributed by atoms with Crippen molar-refractivity contribution in [2.24, 2.45) is 17.8 Å². The van der Waals surface area contributed by atoms with Crippen molar-refractivity contribution in [1.82, 2.24) is 30.7 Å². The summed E-state index contributed by atoms with van der Waals surface area (Å²) in [6.07, 6.45) is 0.870. The maximum atomic E-state index is 16.5. The molecule has 5 aliphatic heterocycles. The molecule has 0 radical (unpaired) electrons. The van der Waals surface area contributed by atoms with Crippen LogP contribution >= 0.6 is 0 Å². The van der Waals surface area contributed by atoms with Gasteiger partial charge in [-0.15, -0.1) is 0 Å². The quantitative estimate of drug-likeness (QED) is 0.416. The molecule has 10 nitrogen and oxygen atoms in total. The first-order valence-corrected chi connectivity index (χ1v) is 16.9. The summed E-state index contributed by atoms with van der Waals surface area (Å²) < 4.78 is 44.9. The van der Waals surface area contributed by atoms with E-state index in [0.717, 1.165) is 6.42 Å². The monoisotopic (exact) mass is 622 g/mol. The van der Waals surface area contributed by atoms with Gasteiger partial charge >= 0.3 is 6.03 Å². The molecule has 0 aromatic carbocycles. The topological polar surface area (TPSA) is 98.4 Å². The number of amides is 3. The lowest BCUT2D eigenvalue weighted by atomic mass is 9.73. The molecule has 3 N–H and O–H groups in total. The molecular weight excluding hydrogens is 570 g/mol. The molecule has 0 spiro atoms. The summed E-state index contributed by atoms with van der Waals surface area (Å²) in [5.74, 6) is -0.775. The van der Waals surface area contributed by atoms with Crippen molar-refractivity contribution in [3.05, 3.63) is 12.7 Å². The van der Waals surface area contributed by atoms with Crippen LogP contribution in [0.1, 0.15) is 59.3 Å². The average molecular weight is 623 g/mol. The van der Waals surface area contributed by atoms with E-state index in [1.165, 1.54) is 6.08 Å². The zero-order valence-electron chi connectivity index (χ0n) is 26.5. The summed E-state index contributed by atoms with van der Waals surface area (Å²) in [6.45, 7) is 13.2. The summed E-state index contributed by atoms with van der Waals surface area (Å²) in [5.41, 5.74) is 0. The van der Waals surface area contributed by atoms with Gasteiger partial charge in [0.2, 0.25) is 5.91 Å². The van der Waals surface area contributed by atoms with Crippen molar-refractivity contribution in [2.45, 2.75) is 120 Å². The van der Waals surface area contributed by atoms with E-state index in [0.29, 0.717) is 65.1 Å². The van der Waals surface area contributed by atoms with Gasteiger partial charge in [-0.2, -0.15) is 0 Å². The van der Waals surface area contributed by atoms with Crippen molar-refractivity contribution in [3.63, 3.8) is 0 Å². The number of carbonyl (C=O) groups is 2. The van der Waals surface area contributed by atoms with Gasteiger partial charge in [0.05, 0.1) is 30.6 Å². The molecule has 12 heteroatoms. The van der Waals surface area contributed by atoms with Crippen molar-refractivity contribution < 1.29 is 27.8 Å². The second kappa shape index (κ2) is 13.5. The van der Waals surface area contributed by atoms with Crippen LogP contribution in [-0.4, -0.2) is 127 Å².